The van der Waals surface area contributed by atoms with Gasteiger partial charge in [-0.05, 0) is 24.6 Å². The van der Waals surface area contributed by atoms with E-state index >= 15 is 0 Å². The smallest absolute Gasteiger partial charge is 0.240 e. The lowest BCUT2D eigenvalue weighted by atomic mass is 10.1. The Morgan fingerprint density at radius 2 is 2.25 bits per heavy atom. The van der Waals surface area contributed by atoms with Crippen LogP contribution in [0.5, 0.6) is 0 Å². The summed E-state index contributed by atoms with van der Waals surface area (Å²) in [5, 5.41) is 4.46. The number of carbonyl (C=O) groups is 1. The van der Waals surface area contributed by atoms with Crippen LogP contribution in [-0.2, 0) is 4.79 Å². The topological polar surface area (TPSA) is 32.3 Å². The van der Waals surface area contributed by atoms with Gasteiger partial charge in [0.1, 0.15) is 0 Å². The maximum absolute atomic E-state index is 12.5. The maximum Gasteiger partial charge on any atom is 0.240 e. The van der Waals surface area contributed by atoms with Crippen molar-refractivity contribution in [2.45, 2.75) is 19.0 Å². The summed E-state index contributed by atoms with van der Waals surface area (Å²) in [5.74, 6) is 1.99. The molecule has 1 heterocycles. The van der Waals surface area contributed by atoms with E-state index in [1.165, 1.54) is 0 Å². The average molecular weight is 333 g/mol. The number of rotatable bonds is 3. The van der Waals surface area contributed by atoms with Crippen LogP contribution in [-0.4, -0.2) is 41.9 Å². The molecule has 1 aliphatic heterocycles. The zero-order valence-electron chi connectivity index (χ0n) is 11.5. The number of benzene rings is 1. The van der Waals surface area contributed by atoms with Crippen molar-refractivity contribution in [1.82, 2.24) is 10.2 Å². The predicted octanol–water partition coefficient (Wildman–Crippen LogP) is 3.22. The number of carbonyl (C=O) groups excluding carboxylic acids is 1. The highest BCUT2D eigenvalue weighted by Gasteiger charge is 2.27. The van der Waals surface area contributed by atoms with Gasteiger partial charge in [0.2, 0.25) is 5.91 Å². The van der Waals surface area contributed by atoms with Crippen molar-refractivity contribution in [3.63, 3.8) is 0 Å². The number of likely N-dealkylation sites (N-methyl/N-ethyl adjacent to an activating group) is 1. The lowest BCUT2D eigenvalue weighted by Gasteiger charge is -2.31. The lowest BCUT2D eigenvalue weighted by Crippen LogP contribution is -2.50. The summed E-state index contributed by atoms with van der Waals surface area (Å²) in [6.45, 7) is 2.86. The predicted molar refractivity (Wildman–Crippen MR) is 86.8 cm³/mol. The Morgan fingerprint density at radius 1 is 1.50 bits per heavy atom. The Kier molecular flexibility index (Phi) is 5.61. The van der Waals surface area contributed by atoms with E-state index in [-0.39, 0.29) is 18.0 Å². The highest BCUT2D eigenvalue weighted by molar-refractivity contribution is 7.99. The van der Waals surface area contributed by atoms with Crippen LogP contribution >= 0.6 is 35.0 Å². The van der Waals surface area contributed by atoms with E-state index in [2.05, 4.69) is 5.32 Å². The molecule has 0 saturated carbocycles. The molecule has 20 heavy (non-hydrogen) atoms. The molecule has 2 rings (SSSR count). The van der Waals surface area contributed by atoms with Gasteiger partial charge in [-0.1, -0.05) is 29.3 Å². The third kappa shape index (κ3) is 3.61. The Balaban J connectivity index is 2.10. The van der Waals surface area contributed by atoms with Crippen molar-refractivity contribution in [1.29, 1.82) is 0 Å². The van der Waals surface area contributed by atoms with Gasteiger partial charge >= 0.3 is 0 Å². The molecule has 1 aliphatic rings. The van der Waals surface area contributed by atoms with Crippen LogP contribution in [0.15, 0.2) is 18.2 Å². The highest BCUT2D eigenvalue weighted by atomic mass is 35.5. The molecule has 1 aromatic carbocycles. The minimum Gasteiger partial charge on any atom is -0.338 e. The largest absolute Gasteiger partial charge is 0.338 e. The molecule has 0 spiro atoms. The van der Waals surface area contributed by atoms with Crippen LogP contribution in [0.2, 0.25) is 10.0 Å². The fourth-order valence-corrected chi connectivity index (χ4v) is 3.70. The number of hydrogen-bond donors (Lipinski definition) is 1. The Morgan fingerprint density at radius 3 is 2.85 bits per heavy atom. The fraction of sp³-hybridized carbons (Fsp3) is 0.500. The highest BCUT2D eigenvalue weighted by Crippen LogP contribution is 2.29. The summed E-state index contributed by atoms with van der Waals surface area (Å²) in [4.78, 5) is 14.2. The molecule has 0 bridgehead atoms. The summed E-state index contributed by atoms with van der Waals surface area (Å²) in [6, 6.07) is 5.20. The van der Waals surface area contributed by atoms with E-state index < -0.39 is 0 Å². The minimum absolute atomic E-state index is 0.0824. The van der Waals surface area contributed by atoms with Crippen LogP contribution in [0.1, 0.15) is 18.5 Å². The van der Waals surface area contributed by atoms with Crippen LogP contribution < -0.4 is 5.32 Å². The van der Waals surface area contributed by atoms with Crippen molar-refractivity contribution >= 4 is 40.9 Å². The van der Waals surface area contributed by atoms with Crippen molar-refractivity contribution in [2.75, 3.05) is 25.1 Å². The summed E-state index contributed by atoms with van der Waals surface area (Å²) in [7, 11) is 1.82. The zero-order chi connectivity index (χ0) is 14.7. The molecule has 6 heteroatoms. The summed E-state index contributed by atoms with van der Waals surface area (Å²) >= 11 is 13.9. The Labute approximate surface area is 134 Å². The standard InChI is InChI=1S/C14H18Cl2N2OS/c1-9(11-4-3-10(15)7-12(11)16)18(2)14(19)13-8-20-6-5-17-13/h3-4,7,9,13,17H,5-6,8H2,1-2H3. The molecule has 2 unspecified atom stereocenters. The third-order valence-electron chi connectivity index (χ3n) is 3.56. The van der Waals surface area contributed by atoms with Gasteiger partial charge in [0.05, 0.1) is 12.1 Å². The summed E-state index contributed by atoms with van der Waals surface area (Å²) in [5.41, 5.74) is 0.912. The van der Waals surface area contributed by atoms with Crippen LogP contribution in [0.4, 0.5) is 0 Å². The summed E-state index contributed by atoms with van der Waals surface area (Å²) < 4.78 is 0. The Hall–Kier alpha value is -0.420. The molecule has 1 aromatic rings. The summed E-state index contributed by atoms with van der Waals surface area (Å²) in [6.07, 6.45) is 0. The molecule has 2 atom stereocenters. The molecular formula is C14H18Cl2N2OS. The molecule has 3 nitrogen and oxygen atoms in total. The van der Waals surface area contributed by atoms with E-state index in [0.29, 0.717) is 10.0 Å². The number of nitrogens with one attached hydrogen (secondary N) is 1. The van der Waals surface area contributed by atoms with E-state index in [9.17, 15) is 4.79 Å². The molecule has 1 fully saturated rings. The first-order valence-corrected chi connectivity index (χ1v) is 8.44. The number of amides is 1. The lowest BCUT2D eigenvalue weighted by molar-refractivity contribution is -0.133. The molecule has 0 aromatic heterocycles. The van der Waals surface area contributed by atoms with Crippen molar-refractivity contribution in [2.24, 2.45) is 0 Å². The van der Waals surface area contributed by atoms with Gasteiger partial charge in [0.15, 0.2) is 0 Å². The molecular weight excluding hydrogens is 315 g/mol. The van der Waals surface area contributed by atoms with Gasteiger partial charge in [0, 0.05) is 35.1 Å². The molecule has 1 N–H and O–H groups in total. The second-order valence-electron chi connectivity index (χ2n) is 4.87. The quantitative estimate of drug-likeness (QED) is 0.922. The van der Waals surface area contributed by atoms with Gasteiger partial charge in [-0.15, -0.1) is 0 Å². The second kappa shape index (κ2) is 7.03. The van der Waals surface area contributed by atoms with E-state index in [4.69, 9.17) is 23.2 Å². The van der Waals surface area contributed by atoms with Gasteiger partial charge in [-0.3, -0.25) is 4.79 Å². The van der Waals surface area contributed by atoms with Crippen LogP contribution in [0, 0.1) is 0 Å². The third-order valence-corrected chi connectivity index (χ3v) is 5.19. The first-order chi connectivity index (χ1) is 9.50. The van der Waals surface area contributed by atoms with Gasteiger partial charge < -0.3 is 10.2 Å². The van der Waals surface area contributed by atoms with Gasteiger partial charge in [-0.2, -0.15) is 11.8 Å². The minimum atomic E-state index is -0.104. The van der Waals surface area contributed by atoms with E-state index in [1.807, 2.05) is 31.8 Å². The molecule has 0 aliphatic carbocycles. The number of nitrogens with zero attached hydrogens (tertiary/aromatic N) is 1. The molecule has 1 saturated heterocycles. The molecule has 1 amide bonds. The van der Waals surface area contributed by atoms with E-state index in [0.717, 1.165) is 23.6 Å². The first-order valence-electron chi connectivity index (χ1n) is 6.53. The fourth-order valence-electron chi connectivity index (χ4n) is 2.21. The van der Waals surface area contributed by atoms with Crippen molar-refractivity contribution in [3.05, 3.63) is 33.8 Å². The second-order valence-corrected chi connectivity index (χ2v) is 6.87. The number of halogens is 2. The molecule has 0 radical (unpaired) electrons. The van der Waals surface area contributed by atoms with Crippen LogP contribution in [0.3, 0.4) is 0 Å². The number of thioether (sulfide) groups is 1. The van der Waals surface area contributed by atoms with Crippen molar-refractivity contribution < 1.29 is 4.79 Å². The number of hydrogen-bond acceptors (Lipinski definition) is 3. The van der Waals surface area contributed by atoms with Gasteiger partial charge in [0.25, 0.3) is 0 Å². The van der Waals surface area contributed by atoms with Crippen LogP contribution in [0.25, 0.3) is 0 Å². The SMILES string of the molecule is CC(c1ccc(Cl)cc1Cl)N(C)C(=O)C1CSCCN1. The first kappa shape index (κ1) is 16.0. The van der Waals surface area contributed by atoms with Crippen molar-refractivity contribution in [3.8, 4) is 0 Å². The normalized spacial score (nSPS) is 20.5. The maximum atomic E-state index is 12.5. The van der Waals surface area contributed by atoms with E-state index in [1.54, 1.807) is 17.0 Å². The monoisotopic (exact) mass is 332 g/mol. The average Bonchev–Trinajstić information content (AvgIpc) is 2.46. The molecule has 110 valence electrons. The van der Waals surface area contributed by atoms with Gasteiger partial charge in [-0.25, -0.2) is 0 Å². The zero-order valence-corrected chi connectivity index (χ0v) is 13.9. The Bertz CT molecular complexity index is 492.